The SMILES string of the molecule is O=C1CCC=C1Sc1ccccc1. The molecule has 1 nitrogen and oxygen atoms in total. The van der Waals surface area contributed by atoms with Crippen LogP contribution in [-0.2, 0) is 4.79 Å². The summed E-state index contributed by atoms with van der Waals surface area (Å²) in [6.45, 7) is 0. The van der Waals surface area contributed by atoms with Crippen LogP contribution < -0.4 is 0 Å². The Morgan fingerprint density at radius 1 is 1.15 bits per heavy atom. The molecule has 13 heavy (non-hydrogen) atoms. The summed E-state index contributed by atoms with van der Waals surface area (Å²) < 4.78 is 0. The minimum Gasteiger partial charge on any atom is -0.294 e. The lowest BCUT2D eigenvalue weighted by atomic mass is 10.3. The molecule has 2 heteroatoms. The largest absolute Gasteiger partial charge is 0.294 e. The molecule has 66 valence electrons. The molecule has 0 N–H and O–H groups in total. The Hall–Kier alpha value is -1.02. The van der Waals surface area contributed by atoms with Crippen molar-refractivity contribution in [2.45, 2.75) is 17.7 Å². The van der Waals surface area contributed by atoms with Crippen LogP contribution in [0.2, 0.25) is 0 Å². The van der Waals surface area contributed by atoms with Crippen LogP contribution in [0.3, 0.4) is 0 Å². The number of carbonyl (C=O) groups is 1. The summed E-state index contributed by atoms with van der Waals surface area (Å²) in [5, 5.41) is 0. The third-order valence-electron chi connectivity index (χ3n) is 1.95. The lowest BCUT2D eigenvalue weighted by molar-refractivity contribution is -0.114. The molecule has 0 spiro atoms. The van der Waals surface area contributed by atoms with Crippen molar-refractivity contribution < 1.29 is 4.79 Å². The first kappa shape index (κ1) is 8.57. The normalized spacial score (nSPS) is 16.0. The second-order valence-electron chi connectivity index (χ2n) is 2.95. The van der Waals surface area contributed by atoms with Crippen molar-refractivity contribution in [3.63, 3.8) is 0 Å². The Morgan fingerprint density at radius 3 is 2.54 bits per heavy atom. The van der Waals surface area contributed by atoms with Gasteiger partial charge in [0.2, 0.25) is 0 Å². The van der Waals surface area contributed by atoms with Crippen molar-refractivity contribution in [2.24, 2.45) is 0 Å². The number of rotatable bonds is 2. The first-order valence-electron chi connectivity index (χ1n) is 4.32. The number of benzene rings is 1. The maximum atomic E-state index is 11.3. The van der Waals surface area contributed by atoms with Gasteiger partial charge in [0.15, 0.2) is 5.78 Å². The molecule has 0 bridgehead atoms. The molecule has 0 aromatic heterocycles. The fourth-order valence-corrected chi connectivity index (χ4v) is 2.25. The van der Waals surface area contributed by atoms with E-state index in [0.717, 1.165) is 16.2 Å². The predicted octanol–water partition coefficient (Wildman–Crippen LogP) is 3.03. The van der Waals surface area contributed by atoms with Gasteiger partial charge in [0.25, 0.3) is 0 Å². The minimum atomic E-state index is 0.286. The zero-order chi connectivity index (χ0) is 9.10. The Kier molecular flexibility index (Phi) is 2.50. The van der Waals surface area contributed by atoms with E-state index in [1.165, 1.54) is 0 Å². The fraction of sp³-hybridized carbons (Fsp3) is 0.182. The van der Waals surface area contributed by atoms with Crippen molar-refractivity contribution in [3.8, 4) is 0 Å². The highest BCUT2D eigenvalue weighted by Crippen LogP contribution is 2.31. The highest BCUT2D eigenvalue weighted by atomic mass is 32.2. The van der Waals surface area contributed by atoms with Crippen molar-refractivity contribution in [2.75, 3.05) is 0 Å². The van der Waals surface area contributed by atoms with Crippen LogP contribution in [0.4, 0.5) is 0 Å². The Morgan fingerprint density at radius 2 is 1.92 bits per heavy atom. The lowest BCUT2D eigenvalue weighted by Crippen LogP contribution is -1.90. The zero-order valence-corrected chi connectivity index (χ0v) is 8.01. The van der Waals surface area contributed by atoms with E-state index < -0.39 is 0 Å². The van der Waals surface area contributed by atoms with Crippen LogP contribution in [0.25, 0.3) is 0 Å². The maximum absolute atomic E-state index is 11.3. The second-order valence-corrected chi connectivity index (χ2v) is 4.06. The van der Waals surface area contributed by atoms with E-state index in [4.69, 9.17) is 0 Å². The number of thioether (sulfide) groups is 1. The van der Waals surface area contributed by atoms with Gasteiger partial charge in [0.1, 0.15) is 0 Å². The molecule has 0 amide bonds. The van der Waals surface area contributed by atoms with Gasteiger partial charge in [0, 0.05) is 11.3 Å². The molecule has 1 aromatic carbocycles. The van der Waals surface area contributed by atoms with E-state index in [2.05, 4.69) is 0 Å². The number of allylic oxidation sites excluding steroid dienone is 2. The standard InChI is InChI=1S/C11H10OS/c12-10-7-4-8-11(10)13-9-5-2-1-3-6-9/h1-3,5-6,8H,4,7H2. The molecule has 0 atom stereocenters. The van der Waals surface area contributed by atoms with Crippen molar-refractivity contribution in [3.05, 3.63) is 41.3 Å². The minimum absolute atomic E-state index is 0.286. The molecule has 0 heterocycles. The molecule has 0 unspecified atom stereocenters. The summed E-state index contributed by atoms with van der Waals surface area (Å²) in [7, 11) is 0. The van der Waals surface area contributed by atoms with Gasteiger partial charge >= 0.3 is 0 Å². The van der Waals surface area contributed by atoms with Crippen molar-refractivity contribution in [1.82, 2.24) is 0 Å². The summed E-state index contributed by atoms with van der Waals surface area (Å²) >= 11 is 1.57. The number of ketones is 1. The quantitative estimate of drug-likeness (QED) is 0.713. The maximum Gasteiger partial charge on any atom is 0.169 e. The molecule has 1 aliphatic carbocycles. The summed E-state index contributed by atoms with van der Waals surface area (Å²) in [4.78, 5) is 13.3. The molecule has 0 aliphatic heterocycles. The molecule has 0 fully saturated rings. The third-order valence-corrected chi connectivity index (χ3v) is 3.07. The first-order valence-corrected chi connectivity index (χ1v) is 5.14. The second kappa shape index (κ2) is 3.79. The van der Waals surface area contributed by atoms with E-state index in [1.807, 2.05) is 36.4 Å². The molecular formula is C11H10OS. The van der Waals surface area contributed by atoms with Gasteiger partial charge in [-0.05, 0) is 18.6 Å². The van der Waals surface area contributed by atoms with E-state index in [9.17, 15) is 4.79 Å². The molecule has 0 radical (unpaired) electrons. The molecular weight excluding hydrogens is 180 g/mol. The summed E-state index contributed by atoms with van der Waals surface area (Å²) in [5.74, 6) is 0.286. The third kappa shape index (κ3) is 2.01. The topological polar surface area (TPSA) is 17.1 Å². The number of hydrogen-bond donors (Lipinski definition) is 0. The van der Waals surface area contributed by atoms with E-state index in [1.54, 1.807) is 11.8 Å². The fourth-order valence-electron chi connectivity index (χ4n) is 1.29. The Labute approximate surface area is 81.8 Å². The number of Topliss-reactive ketones (excluding diaryl/α,β-unsaturated/α-hetero) is 1. The summed E-state index contributed by atoms with van der Waals surface area (Å²) in [5.41, 5.74) is 0. The van der Waals surface area contributed by atoms with Crippen LogP contribution in [0.1, 0.15) is 12.8 Å². The Balaban J connectivity index is 2.11. The van der Waals surface area contributed by atoms with Gasteiger partial charge in [-0.3, -0.25) is 4.79 Å². The number of hydrogen-bond acceptors (Lipinski definition) is 2. The Bertz CT molecular complexity index is 340. The summed E-state index contributed by atoms with van der Waals surface area (Å²) in [6, 6.07) is 10.0. The van der Waals surface area contributed by atoms with Crippen LogP contribution in [0.5, 0.6) is 0 Å². The first-order chi connectivity index (χ1) is 6.36. The van der Waals surface area contributed by atoms with Crippen LogP contribution in [-0.4, -0.2) is 5.78 Å². The van der Waals surface area contributed by atoms with Gasteiger partial charge in [-0.15, -0.1) is 0 Å². The van der Waals surface area contributed by atoms with Gasteiger partial charge in [-0.2, -0.15) is 0 Å². The molecule has 0 saturated carbocycles. The smallest absolute Gasteiger partial charge is 0.169 e. The number of carbonyl (C=O) groups excluding carboxylic acids is 1. The molecule has 2 rings (SSSR count). The summed E-state index contributed by atoms with van der Waals surface area (Å²) in [6.07, 6.45) is 3.63. The highest BCUT2D eigenvalue weighted by molar-refractivity contribution is 8.04. The van der Waals surface area contributed by atoms with Gasteiger partial charge < -0.3 is 0 Å². The average molecular weight is 190 g/mol. The molecule has 0 saturated heterocycles. The van der Waals surface area contributed by atoms with Crippen molar-refractivity contribution in [1.29, 1.82) is 0 Å². The molecule has 1 aliphatic rings. The van der Waals surface area contributed by atoms with E-state index in [0.29, 0.717) is 6.42 Å². The van der Waals surface area contributed by atoms with E-state index in [-0.39, 0.29) is 5.78 Å². The van der Waals surface area contributed by atoms with Gasteiger partial charge in [-0.1, -0.05) is 36.0 Å². The van der Waals surface area contributed by atoms with Crippen LogP contribution >= 0.6 is 11.8 Å². The predicted molar refractivity (Wildman–Crippen MR) is 54.6 cm³/mol. The zero-order valence-electron chi connectivity index (χ0n) is 7.19. The van der Waals surface area contributed by atoms with Crippen LogP contribution in [0.15, 0.2) is 46.2 Å². The van der Waals surface area contributed by atoms with E-state index >= 15 is 0 Å². The monoisotopic (exact) mass is 190 g/mol. The average Bonchev–Trinajstić information content (AvgIpc) is 2.54. The van der Waals surface area contributed by atoms with Crippen LogP contribution in [0, 0.1) is 0 Å². The highest BCUT2D eigenvalue weighted by Gasteiger charge is 2.15. The lowest BCUT2D eigenvalue weighted by Gasteiger charge is -1.99. The van der Waals surface area contributed by atoms with Crippen molar-refractivity contribution >= 4 is 17.5 Å². The molecule has 1 aromatic rings. The van der Waals surface area contributed by atoms with Gasteiger partial charge in [0.05, 0.1) is 4.91 Å². The van der Waals surface area contributed by atoms with Gasteiger partial charge in [-0.25, -0.2) is 0 Å².